The Morgan fingerprint density at radius 1 is 0.635 bits per heavy atom. The number of aliphatic carboxylic acids is 2. The van der Waals surface area contributed by atoms with E-state index in [9.17, 15) is 102 Å². The van der Waals surface area contributed by atoms with Gasteiger partial charge in [0.05, 0.1) is 56.2 Å². The van der Waals surface area contributed by atoms with Gasteiger partial charge in [0.25, 0.3) is 29.5 Å². The molecule has 1 aliphatic heterocycles. The molecule has 0 saturated carbocycles. The lowest BCUT2D eigenvalue weighted by molar-refractivity contribution is -0.140. The van der Waals surface area contributed by atoms with Gasteiger partial charge in [-0.1, -0.05) is 26.0 Å². The summed E-state index contributed by atoms with van der Waals surface area (Å²) in [7, 11) is 0. The normalized spacial score (nSPS) is 21.7. The number of hydrogen-bond donors (Lipinski definition) is 21. The monoisotopic (exact) mass is 1370 g/mol. The van der Waals surface area contributed by atoms with E-state index in [1.165, 1.54) is 6.92 Å². The predicted molar refractivity (Wildman–Crippen MR) is 334 cm³/mol. The maximum atomic E-state index is 14.7. The van der Waals surface area contributed by atoms with Gasteiger partial charge in [-0.25, -0.2) is 0 Å². The summed E-state index contributed by atoms with van der Waals surface area (Å²) in [5.74, 6) is -16.8. The van der Waals surface area contributed by atoms with E-state index in [4.69, 9.17) is 17.2 Å². The number of hydrogen-bond acceptors (Lipinski definition) is 25. The Morgan fingerprint density at radius 2 is 1.14 bits per heavy atom. The number of rotatable bonds is 37. The van der Waals surface area contributed by atoms with Crippen molar-refractivity contribution in [2.45, 2.75) is 197 Å². The number of nitrogens with two attached hydrogens (primary N) is 3. The Balaban J connectivity index is 4.02. The summed E-state index contributed by atoms with van der Waals surface area (Å²) >= 11 is 0. The van der Waals surface area contributed by atoms with Crippen molar-refractivity contribution in [3.05, 3.63) is 12.2 Å². The number of carbonyl (C=O) groups is 18. The molecule has 536 valence electrons. The van der Waals surface area contributed by atoms with Crippen molar-refractivity contribution in [1.82, 2.24) is 79.8 Å². The first-order valence-electron chi connectivity index (χ1n) is 30.1. The van der Waals surface area contributed by atoms with Crippen molar-refractivity contribution in [3.8, 4) is 0 Å². The fourth-order valence-electron chi connectivity index (χ4n) is 8.73. The summed E-state index contributed by atoms with van der Waals surface area (Å²) in [5.41, 5.74) is 12.2. The smallest absolute Gasteiger partial charge is 0.305 e. The minimum absolute atomic E-state index is 0.00508. The number of aldehydes is 5. The van der Waals surface area contributed by atoms with Gasteiger partial charge in [0.15, 0.2) is 36.8 Å². The van der Waals surface area contributed by atoms with E-state index < -0.39 is 193 Å². The molecule has 1 rings (SSSR count). The van der Waals surface area contributed by atoms with Crippen molar-refractivity contribution in [2.24, 2.45) is 28.1 Å². The molecule has 40 heteroatoms. The number of aliphatic hydroxyl groups excluding tert-OH is 1. The summed E-state index contributed by atoms with van der Waals surface area (Å²) < 4.78 is 0. The number of amides is 11. The summed E-state index contributed by atoms with van der Waals surface area (Å²) in [6, 6.07) is -10.8. The second-order valence-electron chi connectivity index (χ2n) is 22.9. The zero-order chi connectivity index (χ0) is 73.0. The number of carboxylic acid groups (broad SMARTS) is 2. The molecular weight excluding hydrogens is 1270 g/mol. The van der Waals surface area contributed by atoms with Crippen molar-refractivity contribution < 1.29 is 102 Å². The Labute approximate surface area is 551 Å². The molecule has 11 amide bonds. The lowest BCUT2D eigenvalue weighted by atomic mass is 9.92. The molecule has 0 unspecified atom stereocenters. The first kappa shape index (κ1) is 84.2. The lowest BCUT2D eigenvalue weighted by Gasteiger charge is -2.33. The van der Waals surface area contributed by atoms with E-state index in [0.717, 1.165) is 27.7 Å². The second kappa shape index (κ2) is 42.5. The van der Waals surface area contributed by atoms with Crippen LogP contribution in [0.4, 0.5) is 0 Å². The van der Waals surface area contributed by atoms with Crippen LogP contribution in [-0.4, -0.2) is 234 Å². The number of nitrogens with one attached hydrogen (secondary N) is 15. The third-order valence-corrected chi connectivity index (χ3v) is 14.2. The van der Waals surface area contributed by atoms with Crippen LogP contribution >= 0.6 is 0 Å². The van der Waals surface area contributed by atoms with Crippen molar-refractivity contribution >= 4 is 114 Å². The molecule has 1 heterocycles. The molecule has 0 fully saturated rings. The van der Waals surface area contributed by atoms with Gasteiger partial charge in [0.1, 0.15) is 54.6 Å². The molecule has 0 aromatic heterocycles. The molecule has 0 aromatic carbocycles. The molecule has 0 spiro atoms. The molecule has 0 aromatic rings. The number of carboxylic acids is 2. The fourth-order valence-corrected chi connectivity index (χ4v) is 8.73. The molecule has 96 heavy (non-hydrogen) atoms. The minimum atomic E-state index is -2.29. The highest BCUT2D eigenvalue weighted by Gasteiger charge is 2.41. The maximum Gasteiger partial charge on any atom is 0.305 e. The lowest BCUT2D eigenvalue weighted by Crippen LogP contribution is -2.68. The van der Waals surface area contributed by atoms with Crippen molar-refractivity contribution in [2.75, 3.05) is 19.7 Å². The van der Waals surface area contributed by atoms with Gasteiger partial charge in [-0.2, -0.15) is 0 Å². The zero-order valence-corrected chi connectivity index (χ0v) is 54.1. The first-order chi connectivity index (χ1) is 45.0. The molecule has 14 atom stereocenters. The van der Waals surface area contributed by atoms with Crippen LogP contribution in [0.5, 0.6) is 0 Å². The van der Waals surface area contributed by atoms with Crippen LogP contribution in [0.1, 0.15) is 113 Å². The van der Waals surface area contributed by atoms with Crippen molar-refractivity contribution in [1.29, 1.82) is 0 Å². The van der Waals surface area contributed by atoms with Gasteiger partial charge in [-0.15, -0.1) is 0 Å². The van der Waals surface area contributed by atoms with E-state index >= 15 is 0 Å². The van der Waals surface area contributed by atoms with E-state index in [-0.39, 0.29) is 89.0 Å². The van der Waals surface area contributed by atoms with Crippen LogP contribution in [0.15, 0.2) is 17.1 Å². The van der Waals surface area contributed by atoms with Crippen LogP contribution in [-0.2, 0) is 86.3 Å². The van der Waals surface area contributed by atoms with E-state index in [0.29, 0.717) is 6.29 Å². The van der Waals surface area contributed by atoms with Gasteiger partial charge in [-0.3, -0.25) is 93.9 Å². The molecule has 0 saturated heterocycles. The SMILES string of the molecule is CC(=O)N[C@@]1(C)CCC/C=C\CCC[C@@](C)(C(=O)N[C@@H](C)C(=O)N[C@@H](N[C@@H](C=O)CC(=O)O)C(=O)N[C@@H](N[C@@H](C=O)CCCN=C(N)N)C(=O)N[C@@H](N[C@@H](C=O)CO)C(=O)N[C@@H](C)C(N)=O)NC(=O)[C@H](N[C@@H](C=O)CC(=O)O)NC(=O)CNC(=O)[C@H](N[C@@H](C=O)C(C)C)NC1=O. The highest BCUT2D eigenvalue weighted by Crippen LogP contribution is 2.19. The average Bonchev–Trinajstić information content (AvgIpc) is 0.863. The van der Waals surface area contributed by atoms with Crippen LogP contribution in [0.25, 0.3) is 0 Å². The Bertz CT molecular complexity index is 2840. The third kappa shape index (κ3) is 31.0. The zero-order valence-electron chi connectivity index (χ0n) is 54.1. The average molecular weight is 1370 g/mol. The Morgan fingerprint density at radius 3 is 1.62 bits per heavy atom. The second-order valence-corrected chi connectivity index (χ2v) is 22.9. The predicted octanol–water partition coefficient (Wildman–Crippen LogP) is -10.1. The van der Waals surface area contributed by atoms with Gasteiger partial charge in [0, 0.05) is 13.5 Å². The van der Waals surface area contributed by atoms with E-state index in [2.05, 4.69) is 84.7 Å². The van der Waals surface area contributed by atoms with E-state index in [1.54, 1.807) is 26.0 Å². The number of aliphatic imine (C=N–C) groups is 1. The summed E-state index contributed by atoms with van der Waals surface area (Å²) in [6.07, 6.45) is -7.78. The van der Waals surface area contributed by atoms with Gasteiger partial charge in [0.2, 0.25) is 35.4 Å². The molecule has 0 aliphatic carbocycles. The number of nitrogens with zero attached hydrogens (tertiary/aromatic N) is 1. The van der Waals surface area contributed by atoms with Gasteiger partial charge >= 0.3 is 11.9 Å². The minimum Gasteiger partial charge on any atom is -0.481 e. The maximum absolute atomic E-state index is 14.7. The Hall–Kier alpha value is -9.77. The summed E-state index contributed by atoms with van der Waals surface area (Å²) in [6.45, 7) is 7.12. The molecule has 1 aliphatic rings. The first-order valence-corrected chi connectivity index (χ1v) is 30.1. The van der Waals surface area contributed by atoms with Crippen LogP contribution < -0.4 is 97.0 Å². The molecule has 40 nitrogen and oxygen atoms in total. The van der Waals surface area contributed by atoms with Crippen molar-refractivity contribution in [3.63, 3.8) is 0 Å². The fraction of sp³-hybridized carbons (Fsp3) is 0.625. The standard InChI is InChI=1S/C56H91N19O21/c1-28(2)36(27-81)68-41-47(90)61-21-37(83)69-45(66-34(24-78)20-39(86)87)51(94)75-56(7,17-13-11-9-8-10-12-16-55(6,53(96)73-41)74-31(5)82)52(95)63-30(4)46(89)70-44(65-33(23-77)19-38(84)85)50(93)72-43(64-32(22-76)15-14-18-60-54(58)59)49(92)71-42(67-35(25-79)26-80)48(91)62-29(3)40(57)88/h8-9,22-25,27-30,32-36,41-45,64-68,80H,10-21,26H2,1-7H3,(H2,57,88)(H,61,90)(H,62,91)(H,63,95)(H,69,83)(H,70,89)(H,71,92)(H,72,93)(H,73,96)(H,74,82)(H,75,94)(H,84,85)(H,86,87)(H4,58,59,60)/b9-8-/t29-,30-,32+,33+,34+,35-,36-,41+,42+,43+,44+,45+,55-,56-/m0/s1. The molecule has 0 bridgehead atoms. The topological polar surface area (TPSA) is 639 Å². The number of primary amides is 1. The van der Waals surface area contributed by atoms with Crippen LogP contribution in [0, 0.1) is 5.92 Å². The number of carbonyl (C=O) groups excluding carboxylic acids is 16. The molecule has 0 radical (unpaired) electrons. The summed E-state index contributed by atoms with van der Waals surface area (Å²) in [5, 5.41) is 64.0. The number of allylic oxidation sites excluding steroid dienone is 2. The van der Waals surface area contributed by atoms with E-state index in [1.807, 2.05) is 0 Å². The van der Waals surface area contributed by atoms with Crippen LogP contribution in [0.3, 0.4) is 0 Å². The van der Waals surface area contributed by atoms with Gasteiger partial charge < -0.3 is 110 Å². The molecular formula is C56H91N19O21. The molecule has 24 N–H and O–H groups in total. The van der Waals surface area contributed by atoms with Crippen LogP contribution in [0.2, 0.25) is 0 Å². The quantitative estimate of drug-likeness (QED) is 0.00686. The summed E-state index contributed by atoms with van der Waals surface area (Å²) in [4.78, 5) is 239. The third-order valence-electron chi connectivity index (χ3n) is 14.2. The number of guanidine groups is 1. The largest absolute Gasteiger partial charge is 0.481 e. The van der Waals surface area contributed by atoms with Gasteiger partial charge in [-0.05, 0) is 85.0 Å². The highest BCUT2D eigenvalue weighted by molar-refractivity contribution is 6.00. The number of aliphatic hydroxyl groups is 1. The Kier molecular flexibility index (Phi) is 37.3. The highest BCUT2D eigenvalue weighted by atomic mass is 16.4.